The van der Waals surface area contributed by atoms with Gasteiger partial charge in [-0.2, -0.15) is 0 Å². The Kier molecular flexibility index (Phi) is 6.53. The van der Waals surface area contributed by atoms with Crippen LogP contribution >= 0.6 is 0 Å². The molecule has 3 aromatic carbocycles. The Labute approximate surface area is 169 Å². The molecule has 1 amide bonds. The number of carbonyl (C=O) groups is 3. The Morgan fingerprint density at radius 2 is 1.34 bits per heavy atom. The largest absolute Gasteiger partial charge is 0.450 e. The molecule has 29 heavy (non-hydrogen) atoms. The van der Waals surface area contributed by atoms with Crippen molar-refractivity contribution in [2.75, 3.05) is 5.32 Å². The van der Waals surface area contributed by atoms with Crippen LogP contribution in [0.25, 0.3) is 0 Å². The van der Waals surface area contributed by atoms with Crippen molar-refractivity contribution in [1.29, 1.82) is 0 Å². The van der Waals surface area contributed by atoms with Gasteiger partial charge in [-0.05, 0) is 30.7 Å². The molecule has 0 radical (unpaired) electrons. The summed E-state index contributed by atoms with van der Waals surface area (Å²) in [6.07, 6.45) is -0.555. The minimum atomic E-state index is -0.900. The Morgan fingerprint density at radius 1 is 0.793 bits per heavy atom. The lowest BCUT2D eigenvalue weighted by Crippen LogP contribution is -2.27. The van der Waals surface area contributed by atoms with Crippen molar-refractivity contribution in [3.63, 3.8) is 0 Å². The number of amides is 1. The van der Waals surface area contributed by atoms with Crippen LogP contribution in [-0.2, 0) is 4.74 Å². The van der Waals surface area contributed by atoms with Crippen LogP contribution in [0, 0.1) is 0 Å². The first kappa shape index (κ1) is 20.0. The second kappa shape index (κ2) is 9.46. The fourth-order valence-corrected chi connectivity index (χ4v) is 2.86. The van der Waals surface area contributed by atoms with Gasteiger partial charge in [-0.25, -0.2) is 4.79 Å². The van der Waals surface area contributed by atoms with Crippen LogP contribution in [0.1, 0.15) is 44.4 Å². The maximum atomic E-state index is 12.8. The molecule has 0 saturated heterocycles. The molecule has 0 spiro atoms. The summed E-state index contributed by atoms with van der Waals surface area (Å²) in [5.74, 6) is -1.25. The number of ketones is 1. The van der Waals surface area contributed by atoms with E-state index in [1.165, 1.54) is 0 Å². The first-order valence-corrected chi connectivity index (χ1v) is 9.35. The quantitative estimate of drug-likeness (QED) is 0.469. The molecule has 5 heteroatoms. The highest BCUT2D eigenvalue weighted by Gasteiger charge is 2.24. The molecule has 146 valence electrons. The summed E-state index contributed by atoms with van der Waals surface area (Å²) in [7, 11) is 0. The number of hydrogen-bond donors (Lipinski definition) is 1. The van der Waals surface area contributed by atoms with Crippen molar-refractivity contribution < 1.29 is 19.1 Å². The molecule has 0 aliphatic heterocycles. The van der Waals surface area contributed by atoms with Crippen LogP contribution in [0.4, 0.5) is 5.69 Å². The first-order chi connectivity index (χ1) is 14.1. The van der Waals surface area contributed by atoms with E-state index in [1.807, 2.05) is 12.1 Å². The fourth-order valence-electron chi connectivity index (χ4n) is 2.86. The lowest BCUT2D eigenvalue weighted by atomic mass is 10.0. The molecule has 3 rings (SSSR count). The van der Waals surface area contributed by atoms with Gasteiger partial charge in [-0.1, -0.05) is 67.6 Å². The van der Waals surface area contributed by atoms with E-state index in [0.717, 1.165) is 0 Å². The SMILES string of the molecule is CC[C@H](OC(=O)c1ccccc1NC(=O)c1ccccc1)C(=O)c1ccccc1. The number of rotatable bonds is 7. The topological polar surface area (TPSA) is 72.5 Å². The van der Waals surface area contributed by atoms with E-state index >= 15 is 0 Å². The first-order valence-electron chi connectivity index (χ1n) is 9.35. The smallest absolute Gasteiger partial charge is 0.340 e. The highest BCUT2D eigenvalue weighted by atomic mass is 16.5. The Morgan fingerprint density at radius 3 is 1.97 bits per heavy atom. The molecule has 3 aromatic rings. The van der Waals surface area contributed by atoms with Gasteiger partial charge in [0.2, 0.25) is 5.78 Å². The van der Waals surface area contributed by atoms with Crippen LogP contribution in [-0.4, -0.2) is 23.8 Å². The third kappa shape index (κ3) is 4.96. The molecule has 5 nitrogen and oxygen atoms in total. The molecule has 0 bridgehead atoms. The van der Waals surface area contributed by atoms with Gasteiger partial charge < -0.3 is 10.1 Å². The lowest BCUT2D eigenvalue weighted by molar-refractivity contribution is 0.0278. The van der Waals surface area contributed by atoms with E-state index in [-0.39, 0.29) is 17.3 Å². The molecule has 0 fully saturated rings. The van der Waals surface area contributed by atoms with Gasteiger partial charge in [0.15, 0.2) is 6.10 Å². The number of anilines is 1. The Bertz CT molecular complexity index is 1000. The average Bonchev–Trinajstić information content (AvgIpc) is 2.78. The molecule has 1 atom stereocenters. The van der Waals surface area contributed by atoms with Crippen LogP contribution < -0.4 is 5.32 Å². The third-order valence-electron chi connectivity index (χ3n) is 4.40. The molecule has 0 aromatic heterocycles. The minimum Gasteiger partial charge on any atom is -0.450 e. The van der Waals surface area contributed by atoms with Crippen LogP contribution in [0.3, 0.4) is 0 Å². The number of hydrogen-bond acceptors (Lipinski definition) is 4. The standard InChI is InChI=1S/C24H21NO4/c1-2-21(22(26)17-11-5-3-6-12-17)29-24(28)19-15-9-10-16-20(19)25-23(27)18-13-7-4-8-14-18/h3-16,21H,2H2,1H3,(H,25,27)/t21-/m0/s1. The van der Waals surface area contributed by atoms with Crippen molar-refractivity contribution in [3.8, 4) is 0 Å². The van der Waals surface area contributed by atoms with E-state index in [4.69, 9.17) is 4.74 Å². The van der Waals surface area contributed by atoms with Gasteiger partial charge in [-0.3, -0.25) is 9.59 Å². The predicted octanol–water partition coefficient (Wildman–Crippen LogP) is 4.76. The van der Waals surface area contributed by atoms with Gasteiger partial charge in [0, 0.05) is 11.1 Å². The average molecular weight is 387 g/mol. The highest BCUT2D eigenvalue weighted by Crippen LogP contribution is 2.20. The summed E-state index contributed by atoms with van der Waals surface area (Å²) >= 11 is 0. The zero-order valence-electron chi connectivity index (χ0n) is 16.0. The lowest BCUT2D eigenvalue weighted by Gasteiger charge is -2.17. The highest BCUT2D eigenvalue weighted by molar-refractivity contribution is 6.08. The van der Waals surface area contributed by atoms with Crippen molar-refractivity contribution >= 4 is 23.3 Å². The van der Waals surface area contributed by atoms with E-state index in [9.17, 15) is 14.4 Å². The number of esters is 1. The van der Waals surface area contributed by atoms with Crippen molar-refractivity contribution in [3.05, 3.63) is 102 Å². The summed E-state index contributed by atoms with van der Waals surface area (Å²) in [6, 6.07) is 24.0. The third-order valence-corrected chi connectivity index (χ3v) is 4.40. The number of nitrogens with one attached hydrogen (secondary N) is 1. The monoisotopic (exact) mass is 387 g/mol. The van der Waals surface area contributed by atoms with E-state index < -0.39 is 12.1 Å². The fraction of sp³-hybridized carbons (Fsp3) is 0.125. The van der Waals surface area contributed by atoms with E-state index in [0.29, 0.717) is 23.2 Å². The zero-order chi connectivity index (χ0) is 20.6. The molecule has 0 heterocycles. The maximum absolute atomic E-state index is 12.8. The molecule has 1 N–H and O–H groups in total. The second-order valence-corrected chi connectivity index (χ2v) is 6.40. The van der Waals surface area contributed by atoms with Crippen molar-refractivity contribution in [2.24, 2.45) is 0 Å². The van der Waals surface area contributed by atoms with Gasteiger partial charge in [0.05, 0.1) is 11.3 Å². The summed E-state index contributed by atoms with van der Waals surface area (Å²) in [6.45, 7) is 1.78. The summed E-state index contributed by atoms with van der Waals surface area (Å²) in [5.41, 5.74) is 1.48. The maximum Gasteiger partial charge on any atom is 0.340 e. The van der Waals surface area contributed by atoms with Gasteiger partial charge in [0.25, 0.3) is 5.91 Å². The molecule has 0 aliphatic carbocycles. The molecule has 0 saturated carbocycles. The van der Waals surface area contributed by atoms with Crippen LogP contribution in [0.5, 0.6) is 0 Å². The molecular weight excluding hydrogens is 366 g/mol. The summed E-state index contributed by atoms with van der Waals surface area (Å²) in [4.78, 5) is 37.8. The van der Waals surface area contributed by atoms with Gasteiger partial charge >= 0.3 is 5.97 Å². The molecular formula is C24H21NO4. The zero-order valence-corrected chi connectivity index (χ0v) is 16.0. The summed E-state index contributed by atoms with van der Waals surface area (Å²) in [5, 5.41) is 2.74. The van der Waals surface area contributed by atoms with Gasteiger partial charge in [-0.15, -0.1) is 0 Å². The minimum absolute atomic E-state index is 0.191. The molecule has 0 aliphatic rings. The number of para-hydroxylation sites is 1. The molecule has 0 unspecified atom stereocenters. The Balaban J connectivity index is 1.77. The second-order valence-electron chi connectivity index (χ2n) is 6.40. The predicted molar refractivity (Wildman–Crippen MR) is 111 cm³/mol. The summed E-state index contributed by atoms with van der Waals surface area (Å²) < 4.78 is 5.49. The van der Waals surface area contributed by atoms with E-state index in [1.54, 1.807) is 79.7 Å². The van der Waals surface area contributed by atoms with E-state index in [2.05, 4.69) is 5.32 Å². The normalized spacial score (nSPS) is 11.3. The number of carbonyl (C=O) groups excluding carboxylic acids is 3. The number of benzene rings is 3. The van der Waals surface area contributed by atoms with Gasteiger partial charge in [0.1, 0.15) is 0 Å². The van der Waals surface area contributed by atoms with Crippen LogP contribution in [0.2, 0.25) is 0 Å². The Hall–Kier alpha value is -3.73. The van der Waals surface area contributed by atoms with Crippen molar-refractivity contribution in [1.82, 2.24) is 0 Å². The number of Topliss-reactive ketones (excluding diaryl/α,β-unsaturated/α-hetero) is 1. The van der Waals surface area contributed by atoms with Crippen LogP contribution in [0.15, 0.2) is 84.9 Å². The number of ether oxygens (including phenoxy) is 1. The van der Waals surface area contributed by atoms with Crippen molar-refractivity contribution in [2.45, 2.75) is 19.4 Å².